The summed E-state index contributed by atoms with van der Waals surface area (Å²) in [6, 6.07) is 1.95. The van der Waals surface area contributed by atoms with Gasteiger partial charge in [0.2, 0.25) is 5.91 Å². The first-order valence-corrected chi connectivity index (χ1v) is 6.12. The third-order valence-electron chi connectivity index (χ3n) is 2.66. The molecule has 1 aliphatic rings. The number of carbonyl (C=O) groups excluding carboxylic acids is 2. The zero-order chi connectivity index (χ0) is 11.5. The molecule has 0 aliphatic heterocycles. The van der Waals surface area contributed by atoms with Crippen molar-refractivity contribution in [3.63, 3.8) is 0 Å². The molecule has 2 rings (SSSR count). The van der Waals surface area contributed by atoms with Gasteiger partial charge < -0.3 is 10.6 Å². The fraction of sp³-hybridized carbons (Fsp3) is 0.455. The monoisotopic (exact) mass is 238 g/mol. The van der Waals surface area contributed by atoms with Gasteiger partial charge in [-0.25, -0.2) is 0 Å². The Morgan fingerprint density at radius 1 is 1.44 bits per heavy atom. The van der Waals surface area contributed by atoms with E-state index in [1.54, 1.807) is 18.4 Å². The average molecular weight is 238 g/mol. The van der Waals surface area contributed by atoms with Gasteiger partial charge in [0.05, 0.1) is 11.4 Å². The highest BCUT2D eigenvalue weighted by atomic mass is 32.1. The Labute approximate surface area is 98.0 Å². The molecular weight excluding hydrogens is 224 g/mol. The summed E-state index contributed by atoms with van der Waals surface area (Å²) in [4.78, 5) is 24.7. The normalized spacial score (nSPS) is 13.3. The van der Waals surface area contributed by atoms with Crippen LogP contribution < -0.4 is 10.6 Å². The summed E-state index contributed by atoms with van der Waals surface area (Å²) in [7, 11) is 1.55. The van der Waals surface area contributed by atoms with E-state index in [0.29, 0.717) is 4.88 Å². The molecule has 0 fully saturated rings. The lowest BCUT2D eigenvalue weighted by Crippen LogP contribution is -2.34. The van der Waals surface area contributed by atoms with Gasteiger partial charge in [-0.3, -0.25) is 9.59 Å². The Hall–Kier alpha value is -1.36. The Bertz CT molecular complexity index is 404. The van der Waals surface area contributed by atoms with E-state index in [0.717, 1.165) is 12.8 Å². The van der Waals surface area contributed by atoms with Crippen LogP contribution in [0.2, 0.25) is 0 Å². The van der Waals surface area contributed by atoms with Crippen molar-refractivity contribution >= 4 is 23.2 Å². The molecule has 2 amide bonds. The second-order valence-electron chi connectivity index (χ2n) is 3.77. The van der Waals surface area contributed by atoms with E-state index >= 15 is 0 Å². The predicted molar refractivity (Wildman–Crippen MR) is 62.7 cm³/mol. The Morgan fingerprint density at radius 3 is 2.94 bits per heavy atom. The van der Waals surface area contributed by atoms with Gasteiger partial charge in [0.1, 0.15) is 0 Å². The Morgan fingerprint density at radius 2 is 2.25 bits per heavy atom. The van der Waals surface area contributed by atoms with Gasteiger partial charge in [0.15, 0.2) is 0 Å². The number of rotatable bonds is 3. The fourth-order valence-electron chi connectivity index (χ4n) is 1.78. The molecule has 0 atom stereocenters. The SMILES string of the molecule is CNC(=O)CNC(=O)c1cc2c(s1)CCC2. The van der Waals surface area contributed by atoms with Gasteiger partial charge in [-0.1, -0.05) is 0 Å². The molecule has 16 heavy (non-hydrogen) atoms. The van der Waals surface area contributed by atoms with Crippen LogP contribution in [-0.4, -0.2) is 25.4 Å². The second-order valence-corrected chi connectivity index (χ2v) is 4.91. The number of hydrogen-bond donors (Lipinski definition) is 2. The molecule has 2 N–H and O–H groups in total. The maximum Gasteiger partial charge on any atom is 0.261 e. The first-order chi connectivity index (χ1) is 7.70. The van der Waals surface area contributed by atoms with Gasteiger partial charge in [-0.2, -0.15) is 0 Å². The van der Waals surface area contributed by atoms with Crippen molar-refractivity contribution < 1.29 is 9.59 Å². The fourth-order valence-corrected chi connectivity index (χ4v) is 2.95. The van der Waals surface area contributed by atoms with Crippen molar-refractivity contribution in [3.05, 3.63) is 21.4 Å². The maximum atomic E-state index is 11.7. The van der Waals surface area contributed by atoms with Crippen LogP contribution in [0.5, 0.6) is 0 Å². The number of fused-ring (bicyclic) bond motifs is 1. The summed E-state index contributed by atoms with van der Waals surface area (Å²) in [5.41, 5.74) is 1.30. The van der Waals surface area contributed by atoms with Crippen molar-refractivity contribution in [2.45, 2.75) is 19.3 Å². The van der Waals surface area contributed by atoms with Crippen LogP contribution in [-0.2, 0) is 17.6 Å². The largest absolute Gasteiger partial charge is 0.358 e. The van der Waals surface area contributed by atoms with E-state index < -0.39 is 0 Å². The summed E-state index contributed by atoms with van der Waals surface area (Å²) in [6.07, 6.45) is 3.36. The zero-order valence-corrected chi connectivity index (χ0v) is 9.95. The van der Waals surface area contributed by atoms with Crippen LogP contribution >= 0.6 is 11.3 Å². The summed E-state index contributed by atoms with van der Waals surface area (Å²) < 4.78 is 0. The standard InChI is InChI=1S/C11H14N2O2S/c1-12-10(14)6-13-11(15)9-5-7-3-2-4-8(7)16-9/h5H,2-4,6H2,1H3,(H,12,14)(H,13,15). The molecule has 1 aromatic heterocycles. The molecule has 5 heteroatoms. The molecule has 0 unspecified atom stereocenters. The molecule has 4 nitrogen and oxygen atoms in total. The summed E-state index contributed by atoms with van der Waals surface area (Å²) >= 11 is 1.55. The van der Waals surface area contributed by atoms with Crippen LogP contribution in [0.4, 0.5) is 0 Å². The smallest absolute Gasteiger partial charge is 0.261 e. The average Bonchev–Trinajstić information content (AvgIpc) is 2.85. The minimum absolute atomic E-state index is 0.0396. The van der Waals surface area contributed by atoms with Gasteiger partial charge >= 0.3 is 0 Å². The highest BCUT2D eigenvalue weighted by molar-refractivity contribution is 7.14. The van der Waals surface area contributed by atoms with E-state index in [9.17, 15) is 9.59 Å². The third-order valence-corrected chi connectivity index (χ3v) is 3.89. The van der Waals surface area contributed by atoms with Gasteiger partial charge in [-0.15, -0.1) is 11.3 Å². The minimum Gasteiger partial charge on any atom is -0.358 e. The molecule has 0 bridgehead atoms. The molecule has 1 heterocycles. The predicted octanol–water partition coefficient (Wildman–Crippen LogP) is 0.713. The number of aryl methyl sites for hydroxylation is 2. The minimum atomic E-state index is -0.183. The van der Waals surface area contributed by atoms with Crippen LogP contribution in [0.15, 0.2) is 6.07 Å². The van der Waals surface area contributed by atoms with Crippen LogP contribution in [0.25, 0.3) is 0 Å². The molecule has 1 aromatic rings. The Kier molecular flexibility index (Phi) is 3.24. The number of hydrogen-bond acceptors (Lipinski definition) is 3. The summed E-state index contributed by atoms with van der Waals surface area (Å²) in [5, 5.41) is 5.06. The summed E-state index contributed by atoms with van der Waals surface area (Å²) in [5.74, 6) is -0.333. The molecule has 0 radical (unpaired) electrons. The molecule has 0 aromatic carbocycles. The van der Waals surface area contributed by atoms with Crippen molar-refractivity contribution in [1.82, 2.24) is 10.6 Å². The van der Waals surface area contributed by atoms with Crippen LogP contribution in [0.1, 0.15) is 26.5 Å². The van der Waals surface area contributed by atoms with Crippen molar-refractivity contribution in [2.75, 3.05) is 13.6 Å². The number of thiophene rings is 1. The first-order valence-electron chi connectivity index (χ1n) is 5.31. The van der Waals surface area contributed by atoms with E-state index in [1.807, 2.05) is 6.07 Å². The Balaban J connectivity index is 1.96. The summed E-state index contributed by atoms with van der Waals surface area (Å²) in [6.45, 7) is 0.0396. The lowest BCUT2D eigenvalue weighted by molar-refractivity contribution is -0.119. The van der Waals surface area contributed by atoms with Crippen molar-refractivity contribution in [3.8, 4) is 0 Å². The van der Waals surface area contributed by atoms with E-state index in [-0.39, 0.29) is 18.4 Å². The molecule has 0 saturated carbocycles. The first kappa shape index (κ1) is 11.1. The zero-order valence-electron chi connectivity index (χ0n) is 9.13. The van der Waals surface area contributed by atoms with E-state index in [4.69, 9.17) is 0 Å². The van der Waals surface area contributed by atoms with Gasteiger partial charge in [-0.05, 0) is 30.9 Å². The van der Waals surface area contributed by atoms with Crippen molar-refractivity contribution in [1.29, 1.82) is 0 Å². The molecular formula is C11H14N2O2S. The third kappa shape index (κ3) is 2.24. The van der Waals surface area contributed by atoms with E-state index in [1.165, 1.54) is 16.9 Å². The topological polar surface area (TPSA) is 58.2 Å². The number of nitrogens with one attached hydrogen (secondary N) is 2. The van der Waals surface area contributed by atoms with Crippen LogP contribution in [0, 0.1) is 0 Å². The number of amides is 2. The van der Waals surface area contributed by atoms with E-state index in [2.05, 4.69) is 10.6 Å². The van der Waals surface area contributed by atoms with Gasteiger partial charge in [0, 0.05) is 11.9 Å². The van der Waals surface area contributed by atoms with Gasteiger partial charge in [0.25, 0.3) is 5.91 Å². The lowest BCUT2D eigenvalue weighted by atomic mass is 10.2. The molecule has 86 valence electrons. The molecule has 1 aliphatic carbocycles. The number of likely N-dealkylation sites (N-methyl/N-ethyl adjacent to an activating group) is 1. The lowest BCUT2D eigenvalue weighted by Gasteiger charge is -2.01. The van der Waals surface area contributed by atoms with Crippen molar-refractivity contribution in [2.24, 2.45) is 0 Å². The molecule has 0 saturated heterocycles. The maximum absolute atomic E-state index is 11.7. The quantitative estimate of drug-likeness (QED) is 0.815. The highest BCUT2D eigenvalue weighted by Gasteiger charge is 2.18. The molecule has 0 spiro atoms. The van der Waals surface area contributed by atoms with Crippen LogP contribution in [0.3, 0.4) is 0 Å². The highest BCUT2D eigenvalue weighted by Crippen LogP contribution is 2.30. The second kappa shape index (κ2) is 4.65. The number of carbonyl (C=O) groups is 2.